The van der Waals surface area contributed by atoms with Crippen LogP contribution in [0.25, 0.3) is 22.2 Å². The van der Waals surface area contributed by atoms with E-state index in [1.54, 1.807) is 24.4 Å². The molecule has 4 aromatic carbocycles. The molecular formula is C30H20BrCl2N3O2. The molecule has 0 saturated heterocycles. The fraction of sp³-hybridized carbons (Fsp3) is 0.0333. The van der Waals surface area contributed by atoms with Gasteiger partial charge in [0.25, 0.3) is 5.91 Å². The third kappa shape index (κ3) is 6.05. The lowest BCUT2D eigenvalue weighted by Gasteiger charge is -2.11. The van der Waals surface area contributed by atoms with Crippen LogP contribution in [0.2, 0.25) is 10.0 Å². The van der Waals surface area contributed by atoms with Gasteiger partial charge in [-0.25, -0.2) is 10.4 Å². The van der Waals surface area contributed by atoms with Gasteiger partial charge in [-0.05, 0) is 42.5 Å². The third-order valence-corrected chi connectivity index (χ3v) is 6.85. The summed E-state index contributed by atoms with van der Waals surface area (Å²) in [6.45, 7) is 0.246. The van der Waals surface area contributed by atoms with Crippen molar-refractivity contribution in [2.45, 2.75) is 6.61 Å². The van der Waals surface area contributed by atoms with E-state index in [1.807, 2.05) is 78.9 Å². The molecule has 0 unspecified atom stereocenters. The molecule has 0 aliphatic heterocycles. The van der Waals surface area contributed by atoms with Gasteiger partial charge in [-0.3, -0.25) is 4.79 Å². The first-order valence-corrected chi connectivity index (χ1v) is 13.2. The van der Waals surface area contributed by atoms with Gasteiger partial charge in [0.15, 0.2) is 0 Å². The Balaban J connectivity index is 1.38. The standard InChI is InChI=1S/C30H20BrCl2N3O2/c31-22-11-13-29(38-18-20-10-12-23(32)15-26(20)33)21(14-22)17-34-36-30(37)25-16-28(19-6-2-1-3-7-19)35-27-9-5-4-8-24(25)27/h1-17H,18H2,(H,36,37)/b34-17+. The second-order valence-electron chi connectivity index (χ2n) is 8.34. The van der Waals surface area contributed by atoms with Crippen molar-refractivity contribution in [1.82, 2.24) is 10.4 Å². The summed E-state index contributed by atoms with van der Waals surface area (Å²) in [5.41, 5.74) is 6.97. The lowest BCUT2D eigenvalue weighted by molar-refractivity contribution is 0.0956. The Labute approximate surface area is 238 Å². The lowest BCUT2D eigenvalue weighted by atomic mass is 10.0. The van der Waals surface area contributed by atoms with Gasteiger partial charge in [0, 0.05) is 36.6 Å². The molecule has 1 N–H and O–H groups in total. The van der Waals surface area contributed by atoms with E-state index < -0.39 is 0 Å². The van der Waals surface area contributed by atoms with Crippen molar-refractivity contribution < 1.29 is 9.53 Å². The van der Waals surface area contributed by atoms with Gasteiger partial charge in [-0.1, -0.05) is 93.7 Å². The molecule has 5 nitrogen and oxygen atoms in total. The lowest BCUT2D eigenvalue weighted by Crippen LogP contribution is -2.18. The van der Waals surface area contributed by atoms with Crippen molar-refractivity contribution in [3.63, 3.8) is 0 Å². The van der Waals surface area contributed by atoms with Crippen LogP contribution in [0.4, 0.5) is 0 Å². The fourth-order valence-corrected chi connectivity index (χ4v) is 4.73. The van der Waals surface area contributed by atoms with Gasteiger partial charge >= 0.3 is 0 Å². The minimum absolute atomic E-state index is 0.246. The number of nitrogens with zero attached hydrogens (tertiary/aromatic N) is 2. The number of carbonyl (C=O) groups is 1. The average Bonchev–Trinajstić information content (AvgIpc) is 2.93. The number of carbonyl (C=O) groups excluding carboxylic acids is 1. The van der Waals surface area contributed by atoms with Crippen LogP contribution in [0, 0.1) is 0 Å². The number of hydrogen-bond donors (Lipinski definition) is 1. The maximum absolute atomic E-state index is 13.2. The summed E-state index contributed by atoms with van der Waals surface area (Å²) in [7, 11) is 0. The summed E-state index contributed by atoms with van der Waals surface area (Å²) in [5.74, 6) is 0.236. The highest BCUT2D eigenvalue weighted by molar-refractivity contribution is 9.10. The van der Waals surface area contributed by atoms with Gasteiger partial charge in [0.1, 0.15) is 12.4 Å². The van der Waals surface area contributed by atoms with Crippen LogP contribution in [-0.2, 0) is 6.61 Å². The second-order valence-corrected chi connectivity index (χ2v) is 10.1. The van der Waals surface area contributed by atoms with Crippen LogP contribution >= 0.6 is 39.1 Å². The number of pyridine rings is 1. The highest BCUT2D eigenvalue weighted by atomic mass is 79.9. The molecule has 1 amide bonds. The summed E-state index contributed by atoms with van der Waals surface area (Å²) in [6.07, 6.45) is 1.54. The number of halogens is 3. The highest BCUT2D eigenvalue weighted by Crippen LogP contribution is 2.27. The maximum Gasteiger partial charge on any atom is 0.272 e. The van der Waals surface area contributed by atoms with Crippen molar-refractivity contribution >= 4 is 62.2 Å². The Morgan fingerprint density at radius 2 is 1.74 bits per heavy atom. The van der Waals surface area contributed by atoms with Gasteiger partial charge in [0.2, 0.25) is 0 Å². The highest BCUT2D eigenvalue weighted by Gasteiger charge is 2.14. The maximum atomic E-state index is 13.2. The van der Waals surface area contributed by atoms with Gasteiger partial charge < -0.3 is 4.74 Å². The number of ether oxygens (including phenoxy) is 1. The van der Waals surface area contributed by atoms with Crippen LogP contribution < -0.4 is 10.2 Å². The van der Waals surface area contributed by atoms with Crippen LogP contribution in [0.1, 0.15) is 21.5 Å². The third-order valence-electron chi connectivity index (χ3n) is 5.77. The molecule has 8 heteroatoms. The number of amides is 1. The molecule has 188 valence electrons. The van der Waals surface area contributed by atoms with Crippen molar-refractivity contribution in [2.75, 3.05) is 0 Å². The Hall–Kier alpha value is -3.71. The molecule has 5 rings (SSSR count). The van der Waals surface area contributed by atoms with Crippen molar-refractivity contribution in [2.24, 2.45) is 5.10 Å². The number of rotatable bonds is 7. The first-order valence-electron chi connectivity index (χ1n) is 11.6. The first-order chi connectivity index (χ1) is 18.5. The van der Waals surface area contributed by atoms with Crippen molar-refractivity contribution in [1.29, 1.82) is 0 Å². The van der Waals surface area contributed by atoms with E-state index >= 15 is 0 Å². The van der Waals surface area contributed by atoms with Crippen LogP contribution in [0.5, 0.6) is 5.75 Å². The van der Waals surface area contributed by atoms with Gasteiger partial charge in [-0.2, -0.15) is 5.10 Å². The number of para-hydroxylation sites is 1. The summed E-state index contributed by atoms with van der Waals surface area (Å²) < 4.78 is 6.85. The Morgan fingerprint density at radius 1 is 0.947 bits per heavy atom. The minimum Gasteiger partial charge on any atom is -0.488 e. The molecule has 0 fully saturated rings. The predicted octanol–water partition coefficient (Wildman–Crippen LogP) is 8.31. The fourth-order valence-electron chi connectivity index (χ4n) is 3.89. The van der Waals surface area contributed by atoms with Crippen LogP contribution in [-0.4, -0.2) is 17.1 Å². The molecule has 0 saturated carbocycles. The van der Waals surface area contributed by atoms with E-state index in [2.05, 4.69) is 26.5 Å². The van der Waals surface area contributed by atoms with E-state index in [0.29, 0.717) is 32.6 Å². The molecule has 0 bridgehead atoms. The summed E-state index contributed by atoms with van der Waals surface area (Å²) in [5, 5.41) is 6.05. The topological polar surface area (TPSA) is 63.6 Å². The Morgan fingerprint density at radius 3 is 2.55 bits per heavy atom. The summed E-state index contributed by atoms with van der Waals surface area (Å²) in [6, 6.07) is 29.9. The zero-order valence-corrected chi connectivity index (χ0v) is 23.0. The molecule has 0 aliphatic rings. The minimum atomic E-state index is -0.345. The van der Waals surface area contributed by atoms with E-state index in [4.69, 9.17) is 32.9 Å². The molecule has 38 heavy (non-hydrogen) atoms. The van der Waals surface area contributed by atoms with Crippen molar-refractivity contribution in [3.05, 3.63) is 128 Å². The molecule has 0 atom stereocenters. The molecular weight excluding hydrogens is 585 g/mol. The average molecular weight is 605 g/mol. The predicted molar refractivity (Wildman–Crippen MR) is 157 cm³/mol. The van der Waals surface area contributed by atoms with E-state index in [9.17, 15) is 4.79 Å². The number of aromatic nitrogens is 1. The number of hydrogen-bond acceptors (Lipinski definition) is 4. The van der Waals surface area contributed by atoms with E-state index in [1.165, 1.54) is 0 Å². The normalized spacial score (nSPS) is 11.1. The molecule has 1 heterocycles. The van der Waals surface area contributed by atoms with Crippen molar-refractivity contribution in [3.8, 4) is 17.0 Å². The summed E-state index contributed by atoms with van der Waals surface area (Å²) in [4.78, 5) is 18.0. The molecule has 0 spiro atoms. The molecule has 0 radical (unpaired) electrons. The van der Waals surface area contributed by atoms with E-state index in [0.717, 1.165) is 26.5 Å². The number of hydrazone groups is 1. The smallest absolute Gasteiger partial charge is 0.272 e. The zero-order chi connectivity index (χ0) is 26.5. The molecule has 5 aromatic rings. The monoisotopic (exact) mass is 603 g/mol. The van der Waals surface area contributed by atoms with Crippen LogP contribution in [0.15, 0.2) is 107 Å². The largest absolute Gasteiger partial charge is 0.488 e. The number of benzene rings is 4. The molecule has 0 aliphatic carbocycles. The SMILES string of the molecule is O=C(N/N=C/c1cc(Br)ccc1OCc1ccc(Cl)cc1Cl)c1cc(-c2ccccc2)nc2ccccc12. The van der Waals surface area contributed by atoms with Gasteiger partial charge in [0.05, 0.1) is 23.0 Å². The second kappa shape index (κ2) is 11.8. The summed E-state index contributed by atoms with van der Waals surface area (Å²) >= 11 is 15.7. The molecule has 1 aromatic heterocycles. The Kier molecular flexibility index (Phi) is 8.03. The zero-order valence-electron chi connectivity index (χ0n) is 19.9. The Bertz CT molecular complexity index is 1660. The number of nitrogens with one attached hydrogen (secondary N) is 1. The quantitative estimate of drug-likeness (QED) is 0.150. The van der Waals surface area contributed by atoms with Crippen LogP contribution in [0.3, 0.4) is 0 Å². The van der Waals surface area contributed by atoms with E-state index in [-0.39, 0.29) is 12.5 Å². The van der Waals surface area contributed by atoms with Gasteiger partial charge in [-0.15, -0.1) is 0 Å². The first kappa shape index (κ1) is 25.9. The number of fused-ring (bicyclic) bond motifs is 1.